The number of amides is 1. The molecule has 0 aromatic carbocycles. The standard InChI is InChI=1S/C25H32ClF6N5O4S/c1-5-37-20(15-11-33-17(10-16(15)25(30,31)32)35-22(2,3)12-24(27,28)29)18(26)19(36-37)21(38)34-13-23(39)8-6-14(7-9-23)42(4,40)41/h10-11,14,39H,5-9,12-13H2,1-4H3,(H,33,35)(H,34,38)/t14-,23+. The van der Waals surface area contributed by atoms with E-state index in [-0.39, 0.29) is 44.5 Å². The van der Waals surface area contributed by atoms with Crippen LogP contribution in [0, 0.1) is 0 Å². The number of aliphatic hydroxyl groups is 1. The Kier molecular flexibility index (Phi) is 9.55. The minimum atomic E-state index is -4.98. The van der Waals surface area contributed by atoms with Crippen LogP contribution in [0.2, 0.25) is 5.02 Å². The average Bonchev–Trinajstić information content (AvgIpc) is 3.16. The highest BCUT2D eigenvalue weighted by Gasteiger charge is 2.40. The van der Waals surface area contributed by atoms with Gasteiger partial charge in [0.05, 0.1) is 33.6 Å². The number of hydrogen-bond donors (Lipinski definition) is 3. The van der Waals surface area contributed by atoms with Crippen molar-refractivity contribution >= 4 is 33.2 Å². The van der Waals surface area contributed by atoms with Crippen LogP contribution in [0.1, 0.15) is 68.9 Å². The minimum Gasteiger partial charge on any atom is -0.388 e. The zero-order chi connectivity index (χ0) is 31.9. The van der Waals surface area contributed by atoms with Gasteiger partial charge in [-0.2, -0.15) is 31.4 Å². The van der Waals surface area contributed by atoms with E-state index in [2.05, 4.69) is 20.7 Å². The molecule has 1 aliphatic carbocycles. The molecule has 0 radical (unpaired) electrons. The van der Waals surface area contributed by atoms with Crippen molar-refractivity contribution in [3.63, 3.8) is 0 Å². The minimum absolute atomic E-state index is 0.00490. The molecular formula is C25H32ClF6N5O4S. The number of carbonyl (C=O) groups excluding carboxylic acids is 1. The van der Waals surface area contributed by atoms with Gasteiger partial charge in [-0.15, -0.1) is 0 Å². The fourth-order valence-corrected chi connectivity index (χ4v) is 6.39. The van der Waals surface area contributed by atoms with E-state index in [1.807, 2.05) is 0 Å². The number of anilines is 1. The van der Waals surface area contributed by atoms with Crippen molar-refractivity contribution in [1.29, 1.82) is 0 Å². The first-order chi connectivity index (χ1) is 19.1. The summed E-state index contributed by atoms with van der Waals surface area (Å²) in [5.74, 6) is -1.32. The van der Waals surface area contributed by atoms with E-state index in [0.29, 0.717) is 6.07 Å². The van der Waals surface area contributed by atoms with Crippen molar-refractivity contribution < 1.29 is 44.7 Å². The van der Waals surface area contributed by atoms with Gasteiger partial charge in [0.2, 0.25) is 0 Å². The van der Waals surface area contributed by atoms with Crippen molar-refractivity contribution in [3.8, 4) is 11.3 Å². The number of halogens is 7. The van der Waals surface area contributed by atoms with Gasteiger partial charge in [0.15, 0.2) is 5.69 Å². The fourth-order valence-electron chi connectivity index (χ4n) is 4.97. The van der Waals surface area contributed by atoms with Crippen LogP contribution in [-0.4, -0.2) is 69.6 Å². The third-order valence-electron chi connectivity index (χ3n) is 7.03. The first-order valence-electron chi connectivity index (χ1n) is 12.9. The molecule has 0 atom stereocenters. The molecule has 2 aromatic rings. The molecule has 0 aliphatic heterocycles. The summed E-state index contributed by atoms with van der Waals surface area (Å²) in [6.45, 7) is 3.62. The number of aromatic nitrogens is 3. The maximum atomic E-state index is 14.2. The van der Waals surface area contributed by atoms with E-state index in [1.54, 1.807) is 6.92 Å². The lowest BCUT2D eigenvalue weighted by Gasteiger charge is -2.35. The van der Waals surface area contributed by atoms with E-state index in [0.717, 1.165) is 17.1 Å². The second kappa shape index (κ2) is 11.8. The molecule has 236 valence electrons. The molecular weight excluding hydrogens is 616 g/mol. The number of rotatable bonds is 9. The number of carbonyl (C=O) groups is 1. The molecule has 3 rings (SSSR count). The highest BCUT2D eigenvalue weighted by Crippen LogP contribution is 2.42. The third kappa shape index (κ3) is 8.28. The molecule has 9 nitrogen and oxygen atoms in total. The number of nitrogens with zero attached hydrogens (tertiary/aromatic N) is 3. The van der Waals surface area contributed by atoms with Crippen LogP contribution in [0.5, 0.6) is 0 Å². The Balaban J connectivity index is 1.90. The lowest BCUT2D eigenvalue weighted by Crippen LogP contribution is -2.47. The second-order valence-corrected chi connectivity index (χ2v) is 13.9. The fraction of sp³-hybridized carbons (Fsp3) is 0.640. The molecule has 0 spiro atoms. The average molecular weight is 648 g/mol. The zero-order valence-corrected chi connectivity index (χ0v) is 24.8. The smallest absolute Gasteiger partial charge is 0.388 e. The SMILES string of the molecule is CCn1nc(C(=O)NC[C@]2(O)CC[C@@H](S(C)(=O)=O)CC2)c(Cl)c1-c1cnc(NC(C)(C)CC(F)(F)F)cc1C(F)(F)F. The maximum Gasteiger partial charge on any atom is 0.417 e. The van der Waals surface area contributed by atoms with E-state index >= 15 is 0 Å². The monoisotopic (exact) mass is 647 g/mol. The summed E-state index contributed by atoms with van der Waals surface area (Å²) in [5, 5.41) is 18.7. The number of pyridine rings is 1. The van der Waals surface area contributed by atoms with Gasteiger partial charge in [0.1, 0.15) is 15.7 Å². The molecule has 0 saturated heterocycles. The molecule has 1 fully saturated rings. The summed E-state index contributed by atoms with van der Waals surface area (Å²) < 4.78 is 106. The first-order valence-corrected chi connectivity index (χ1v) is 15.3. The van der Waals surface area contributed by atoms with Crippen LogP contribution in [-0.2, 0) is 22.6 Å². The van der Waals surface area contributed by atoms with E-state index in [4.69, 9.17) is 11.6 Å². The highest BCUT2D eigenvalue weighted by atomic mass is 35.5. The van der Waals surface area contributed by atoms with Crippen LogP contribution in [0.25, 0.3) is 11.3 Å². The third-order valence-corrected chi connectivity index (χ3v) is 9.07. The van der Waals surface area contributed by atoms with Crippen molar-refractivity contribution in [2.24, 2.45) is 0 Å². The summed E-state index contributed by atoms with van der Waals surface area (Å²) in [7, 11) is -3.28. The van der Waals surface area contributed by atoms with E-state index in [1.165, 1.54) is 13.8 Å². The molecule has 1 aliphatic rings. The summed E-state index contributed by atoms with van der Waals surface area (Å²) >= 11 is 6.39. The zero-order valence-electron chi connectivity index (χ0n) is 23.2. The Morgan fingerprint density at radius 1 is 1.19 bits per heavy atom. The molecule has 0 unspecified atom stereocenters. The highest BCUT2D eigenvalue weighted by molar-refractivity contribution is 7.91. The van der Waals surface area contributed by atoms with Crippen molar-refractivity contribution in [2.75, 3.05) is 18.1 Å². The van der Waals surface area contributed by atoms with Crippen LogP contribution < -0.4 is 10.6 Å². The van der Waals surface area contributed by atoms with Gasteiger partial charge in [-0.1, -0.05) is 11.6 Å². The summed E-state index contributed by atoms with van der Waals surface area (Å²) in [5.41, 5.74) is -5.56. The van der Waals surface area contributed by atoms with E-state index in [9.17, 15) is 44.7 Å². The van der Waals surface area contributed by atoms with Crippen LogP contribution in [0.3, 0.4) is 0 Å². The molecule has 0 bridgehead atoms. The summed E-state index contributed by atoms with van der Waals surface area (Å²) in [6, 6.07) is 0.568. The van der Waals surface area contributed by atoms with Crippen LogP contribution >= 0.6 is 11.6 Å². The van der Waals surface area contributed by atoms with Crippen LogP contribution in [0.4, 0.5) is 32.2 Å². The lowest BCUT2D eigenvalue weighted by molar-refractivity contribution is -0.143. The predicted molar refractivity (Wildman–Crippen MR) is 144 cm³/mol. The van der Waals surface area contributed by atoms with Crippen LogP contribution in [0.15, 0.2) is 12.3 Å². The molecule has 1 saturated carbocycles. The van der Waals surface area contributed by atoms with Gasteiger partial charge in [0.25, 0.3) is 5.91 Å². The topological polar surface area (TPSA) is 126 Å². The molecule has 2 heterocycles. The van der Waals surface area contributed by atoms with Gasteiger partial charge in [-0.05, 0) is 52.5 Å². The quantitative estimate of drug-likeness (QED) is 0.318. The van der Waals surface area contributed by atoms with Gasteiger partial charge in [-0.25, -0.2) is 13.4 Å². The molecule has 1 amide bonds. The number of aryl methyl sites for hydroxylation is 1. The maximum absolute atomic E-state index is 14.2. The Hall–Kier alpha value is -2.59. The van der Waals surface area contributed by atoms with Crippen molar-refractivity contribution in [2.45, 2.75) is 88.2 Å². The summed E-state index contributed by atoms with van der Waals surface area (Å²) in [4.78, 5) is 16.9. The number of alkyl halides is 6. The Morgan fingerprint density at radius 2 is 1.79 bits per heavy atom. The largest absolute Gasteiger partial charge is 0.417 e. The molecule has 17 heteroatoms. The predicted octanol–water partition coefficient (Wildman–Crippen LogP) is 5.23. The van der Waals surface area contributed by atoms with Gasteiger partial charge in [-0.3, -0.25) is 9.48 Å². The van der Waals surface area contributed by atoms with Gasteiger partial charge >= 0.3 is 12.4 Å². The molecule has 3 N–H and O–H groups in total. The summed E-state index contributed by atoms with van der Waals surface area (Å²) in [6.07, 6.45) is -8.36. The first kappa shape index (κ1) is 33.9. The Morgan fingerprint density at radius 3 is 2.29 bits per heavy atom. The van der Waals surface area contributed by atoms with Gasteiger partial charge < -0.3 is 15.7 Å². The van der Waals surface area contributed by atoms with Gasteiger partial charge in [0, 0.05) is 36.6 Å². The van der Waals surface area contributed by atoms with Crippen molar-refractivity contribution in [3.05, 3.63) is 28.5 Å². The Labute approximate surface area is 243 Å². The Bertz CT molecular complexity index is 1420. The molecule has 42 heavy (non-hydrogen) atoms. The van der Waals surface area contributed by atoms with E-state index < -0.39 is 78.6 Å². The number of nitrogens with one attached hydrogen (secondary N) is 2. The molecule has 2 aromatic heterocycles. The number of hydrogen-bond acceptors (Lipinski definition) is 7. The lowest BCUT2D eigenvalue weighted by atomic mass is 9.84. The number of sulfone groups is 1. The normalized spacial score (nSPS) is 20.4. The van der Waals surface area contributed by atoms with Crippen molar-refractivity contribution in [1.82, 2.24) is 20.1 Å². The second-order valence-electron chi connectivity index (χ2n) is 11.2.